The van der Waals surface area contributed by atoms with Crippen molar-refractivity contribution in [2.45, 2.75) is 20.8 Å². The lowest BCUT2D eigenvalue weighted by atomic mass is 9.91. The van der Waals surface area contributed by atoms with Gasteiger partial charge in [-0.1, -0.05) is 20.8 Å². The molecule has 5 nitrogen and oxygen atoms in total. The third-order valence-electron chi connectivity index (χ3n) is 3.25. The number of halogens is 1. The third kappa shape index (κ3) is 4.15. The van der Waals surface area contributed by atoms with Crippen molar-refractivity contribution in [3.05, 3.63) is 41.7 Å². The van der Waals surface area contributed by atoms with Crippen LogP contribution >= 0.6 is 27.3 Å². The molecule has 2 N–H and O–H groups in total. The van der Waals surface area contributed by atoms with Gasteiger partial charge in [-0.15, -0.1) is 11.3 Å². The summed E-state index contributed by atoms with van der Waals surface area (Å²) in [4.78, 5) is 26.8. The van der Waals surface area contributed by atoms with Crippen molar-refractivity contribution < 1.29 is 14.6 Å². The summed E-state index contributed by atoms with van der Waals surface area (Å²) in [6, 6.07) is 3.31. The molecule has 2 aromatic rings. The second kappa shape index (κ2) is 6.94. The van der Waals surface area contributed by atoms with Crippen LogP contribution in [0.5, 0.6) is 11.5 Å². The molecule has 1 aromatic carbocycles. The van der Waals surface area contributed by atoms with Gasteiger partial charge in [0.1, 0.15) is 0 Å². The molecule has 0 saturated heterocycles. The highest BCUT2D eigenvalue weighted by atomic mass is 79.9. The molecular formula is C17H18BrNO4S. The molecular weight excluding hydrogens is 394 g/mol. The normalized spacial score (nSPS) is 13.4. The number of methoxy groups -OCH3 is 1. The van der Waals surface area contributed by atoms with E-state index in [0.717, 1.165) is 0 Å². The maximum Gasteiger partial charge on any atom is 0.266 e. The van der Waals surface area contributed by atoms with E-state index in [1.54, 1.807) is 18.2 Å². The number of H-pyrrole nitrogens is 1. The number of ether oxygens (including phenoxy) is 1. The molecule has 24 heavy (non-hydrogen) atoms. The minimum absolute atomic E-state index is 0.000430. The summed E-state index contributed by atoms with van der Waals surface area (Å²) in [7, 11) is 1.45. The number of Topliss-reactive ketones (excluding diaryl/α,β-unsaturated/α-hetero) is 1. The minimum Gasteiger partial charge on any atom is -0.503 e. The first kappa shape index (κ1) is 18.5. The number of benzene rings is 1. The molecule has 0 aliphatic carbocycles. The number of phenolic OH excluding ortho intramolecular Hbond substituents is 1. The van der Waals surface area contributed by atoms with Crippen molar-refractivity contribution in [1.29, 1.82) is 0 Å². The van der Waals surface area contributed by atoms with Gasteiger partial charge in [0.05, 0.1) is 20.8 Å². The van der Waals surface area contributed by atoms with Gasteiger partial charge in [-0.05, 0) is 39.7 Å². The fourth-order valence-electron chi connectivity index (χ4n) is 1.84. The molecule has 2 rings (SSSR count). The van der Waals surface area contributed by atoms with E-state index in [-0.39, 0.29) is 17.1 Å². The second-order valence-corrected chi connectivity index (χ2v) is 8.18. The lowest BCUT2D eigenvalue weighted by Crippen LogP contribution is -2.22. The number of rotatable bonds is 3. The van der Waals surface area contributed by atoms with E-state index in [1.807, 2.05) is 20.8 Å². The number of thiazole rings is 1. The Morgan fingerprint density at radius 3 is 2.62 bits per heavy atom. The van der Waals surface area contributed by atoms with Gasteiger partial charge in [0, 0.05) is 11.5 Å². The summed E-state index contributed by atoms with van der Waals surface area (Å²) in [6.07, 6.45) is 3.13. The Morgan fingerprint density at radius 1 is 1.38 bits per heavy atom. The number of nitrogens with one attached hydrogen (secondary N) is 1. The first-order chi connectivity index (χ1) is 11.1. The lowest BCUT2D eigenvalue weighted by Gasteiger charge is -2.12. The van der Waals surface area contributed by atoms with Gasteiger partial charge in [0.25, 0.3) is 5.56 Å². The SMILES string of the molecule is COc1cc(C=c2sc(=CC(=O)C(C)(C)C)[nH]c2=O)cc(Br)c1O. The predicted molar refractivity (Wildman–Crippen MR) is 99.0 cm³/mol. The summed E-state index contributed by atoms with van der Waals surface area (Å²) in [6.45, 7) is 5.47. The zero-order chi connectivity index (χ0) is 18.1. The van der Waals surface area contributed by atoms with Crippen LogP contribution in [-0.4, -0.2) is 23.0 Å². The molecule has 7 heteroatoms. The van der Waals surface area contributed by atoms with Gasteiger partial charge >= 0.3 is 0 Å². The summed E-state index contributed by atoms with van der Waals surface area (Å²) in [5.74, 6) is 0.249. The number of aromatic amines is 1. The molecule has 1 aromatic heterocycles. The van der Waals surface area contributed by atoms with Gasteiger partial charge in [-0.2, -0.15) is 0 Å². The van der Waals surface area contributed by atoms with E-state index in [1.165, 1.54) is 24.5 Å². The molecule has 0 atom stereocenters. The topological polar surface area (TPSA) is 79.4 Å². The highest BCUT2D eigenvalue weighted by Crippen LogP contribution is 2.35. The minimum atomic E-state index is -0.500. The van der Waals surface area contributed by atoms with E-state index in [4.69, 9.17) is 4.74 Å². The van der Waals surface area contributed by atoms with Crippen LogP contribution in [-0.2, 0) is 4.79 Å². The van der Waals surface area contributed by atoms with Gasteiger partial charge in [0.15, 0.2) is 17.3 Å². The number of carbonyl (C=O) groups excluding carboxylic acids is 1. The molecule has 0 amide bonds. The van der Waals surface area contributed by atoms with E-state index in [9.17, 15) is 14.7 Å². The number of hydrogen-bond donors (Lipinski definition) is 2. The maximum atomic E-state index is 12.1. The fourth-order valence-corrected chi connectivity index (χ4v) is 3.19. The molecule has 0 aliphatic heterocycles. The average Bonchev–Trinajstić information content (AvgIpc) is 2.81. The molecule has 0 saturated carbocycles. The van der Waals surface area contributed by atoms with Gasteiger partial charge < -0.3 is 14.8 Å². The van der Waals surface area contributed by atoms with Crippen molar-refractivity contribution in [1.82, 2.24) is 4.98 Å². The van der Waals surface area contributed by atoms with Crippen LogP contribution in [0.3, 0.4) is 0 Å². The first-order valence-corrected chi connectivity index (χ1v) is 8.76. The van der Waals surface area contributed by atoms with Gasteiger partial charge in [0.2, 0.25) is 0 Å². The molecule has 0 bridgehead atoms. The maximum absolute atomic E-state index is 12.1. The highest BCUT2D eigenvalue weighted by Gasteiger charge is 2.18. The Hall–Kier alpha value is -1.86. The molecule has 0 aliphatic rings. The van der Waals surface area contributed by atoms with Crippen LogP contribution < -0.4 is 19.5 Å². The van der Waals surface area contributed by atoms with Gasteiger partial charge in [-0.25, -0.2) is 0 Å². The fraction of sp³-hybridized carbons (Fsp3) is 0.294. The molecule has 0 radical (unpaired) electrons. The monoisotopic (exact) mass is 411 g/mol. The quantitative estimate of drug-likeness (QED) is 0.810. The van der Waals surface area contributed by atoms with Crippen molar-refractivity contribution in [2.75, 3.05) is 7.11 Å². The van der Waals surface area contributed by atoms with Gasteiger partial charge in [-0.3, -0.25) is 9.59 Å². The van der Waals surface area contributed by atoms with Crippen LogP contribution in [0.15, 0.2) is 21.4 Å². The van der Waals surface area contributed by atoms with E-state index in [2.05, 4.69) is 20.9 Å². The average molecular weight is 412 g/mol. The van der Waals surface area contributed by atoms with Crippen molar-refractivity contribution >= 4 is 45.2 Å². The highest BCUT2D eigenvalue weighted by molar-refractivity contribution is 9.10. The number of carbonyl (C=O) groups is 1. The number of aromatic hydroxyl groups is 1. The number of ketones is 1. The Morgan fingerprint density at radius 2 is 2.04 bits per heavy atom. The second-order valence-electron chi connectivity index (χ2n) is 6.24. The molecule has 0 unspecified atom stereocenters. The van der Waals surface area contributed by atoms with Crippen LogP contribution in [0.25, 0.3) is 12.2 Å². The molecule has 0 fully saturated rings. The van der Waals surface area contributed by atoms with E-state index in [0.29, 0.717) is 25.0 Å². The molecule has 128 valence electrons. The first-order valence-electron chi connectivity index (χ1n) is 7.15. The van der Waals surface area contributed by atoms with Crippen LogP contribution in [0.2, 0.25) is 0 Å². The lowest BCUT2D eigenvalue weighted by molar-refractivity contribution is -0.119. The Bertz CT molecular complexity index is 950. The van der Waals surface area contributed by atoms with Crippen LogP contribution in [0, 0.1) is 5.41 Å². The smallest absolute Gasteiger partial charge is 0.266 e. The largest absolute Gasteiger partial charge is 0.503 e. The number of aromatic nitrogens is 1. The Kier molecular flexibility index (Phi) is 5.35. The zero-order valence-corrected chi connectivity index (χ0v) is 16.2. The summed E-state index contributed by atoms with van der Waals surface area (Å²) in [5.41, 5.74) is -0.0753. The van der Waals surface area contributed by atoms with E-state index >= 15 is 0 Å². The summed E-state index contributed by atoms with van der Waals surface area (Å²) < 4.78 is 6.54. The number of phenols is 1. The van der Waals surface area contributed by atoms with Crippen molar-refractivity contribution in [2.24, 2.45) is 5.41 Å². The predicted octanol–water partition coefficient (Wildman–Crippen LogP) is 2.14. The van der Waals surface area contributed by atoms with E-state index < -0.39 is 5.41 Å². The summed E-state index contributed by atoms with van der Waals surface area (Å²) in [5, 5.41) is 9.83. The standard InChI is InChI=1S/C17H18BrNO4S/c1-17(2,3)13(20)8-14-19-16(22)12(24-14)7-9-5-10(18)15(21)11(6-9)23-4/h5-8,21H,1-4H3,(H,19,22). The van der Waals surface area contributed by atoms with Crippen molar-refractivity contribution in [3.8, 4) is 11.5 Å². The Labute approximate surface area is 151 Å². The van der Waals surface area contributed by atoms with Crippen molar-refractivity contribution in [3.63, 3.8) is 0 Å². The Balaban J connectivity index is 2.54. The van der Waals surface area contributed by atoms with Crippen LogP contribution in [0.4, 0.5) is 0 Å². The zero-order valence-electron chi connectivity index (χ0n) is 13.8. The third-order valence-corrected chi connectivity index (χ3v) is 4.82. The molecule has 0 spiro atoms. The molecule has 1 heterocycles. The summed E-state index contributed by atoms with van der Waals surface area (Å²) >= 11 is 4.45. The number of hydrogen-bond acceptors (Lipinski definition) is 5. The van der Waals surface area contributed by atoms with Crippen LogP contribution in [0.1, 0.15) is 26.3 Å².